The van der Waals surface area contributed by atoms with Crippen LogP contribution in [0.5, 0.6) is 0 Å². The summed E-state index contributed by atoms with van der Waals surface area (Å²) in [6, 6.07) is 17.6. The van der Waals surface area contributed by atoms with Crippen molar-refractivity contribution >= 4 is 12.6 Å². The minimum atomic E-state index is -0.888. The minimum absolute atomic E-state index is 0.438. The Morgan fingerprint density at radius 2 is 1.52 bits per heavy atom. The topological polar surface area (TPSA) is 34.1 Å². The predicted octanol–water partition coefficient (Wildman–Crippen LogP) is 3.47. The molecule has 1 fully saturated rings. The summed E-state index contributed by atoms with van der Waals surface area (Å²) in [4.78, 5) is 23.0. The number of hydrogen-bond acceptors (Lipinski definition) is 2. The fourth-order valence-corrected chi connectivity index (χ4v) is 3.44. The van der Waals surface area contributed by atoms with Crippen molar-refractivity contribution in [2.24, 2.45) is 11.3 Å². The van der Waals surface area contributed by atoms with E-state index in [9.17, 15) is 9.59 Å². The van der Waals surface area contributed by atoms with Crippen LogP contribution in [0.3, 0.4) is 0 Å². The highest BCUT2D eigenvalue weighted by molar-refractivity contribution is 5.90. The molecule has 3 rings (SSSR count). The average Bonchev–Trinajstić information content (AvgIpc) is 3.03. The largest absolute Gasteiger partial charge is 0.290 e. The van der Waals surface area contributed by atoms with E-state index in [1.165, 1.54) is 0 Å². The molecule has 0 N–H and O–H groups in total. The molecule has 1 aliphatic rings. The normalized spacial score (nSPS) is 26.1. The maximum Gasteiger partial charge on any atom is 0.211 e. The van der Waals surface area contributed by atoms with Crippen molar-refractivity contribution in [2.45, 2.75) is 19.3 Å². The fourth-order valence-electron chi connectivity index (χ4n) is 3.44. The van der Waals surface area contributed by atoms with Crippen molar-refractivity contribution in [3.8, 4) is 11.1 Å². The van der Waals surface area contributed by atoms with Crippen LogP contribution in [0.1, 0.15) is 19.4 Å². The van der Waals surface area contributed by atoms with Crippen molar-refractivity contribution in [3.63, 3.8) is 0 Å². The van der Waals surface area contributed by atoms with Crippen molar-refractivity contribution in [2.75, 3.05) is 0 Å². The molecular weight excluding hydrogens is 260 g/mol. The van der Waals surface area contributed by atoms with E-state index in [-0.39, 0.29) is 0 Å². The van der Waals surface area contributed by atoms with E-state index in [2.05, 4.69) is 6.29 Å². The number of hydrogen-bond donors (Lipinski definition) is 0. The summed E-state index contributed by atoms with van der Waals surface area (Å²) in [6.45, 7) is 3.85. The second-order valence-electron chi connectivity index (χ2n) is 6.09. The Kier molecular flexibility index (Phi) is 3.05. The van der Waals surface area contributed by atoms with Gasteiger partial charge in [-0.05, 0) is 22.1 Å². The molecule has 2 nitrogen and oxygen atoms in total. The Hall–Kier alpha value is -2.22. The first-order valence-electron chi connectivity index (χ1n) is 7.01. The van der Waals surface area contributed by atoms with Crippen LogP contribution in [-0.4, -0.2) is 12.6 Å². The molecular formula is C19H16O2. The summed E-state index contributed by atoms with van der Waals surface area (Å²) < 4.78 is 0. The van der Waals surface area contributed by atoms with Crippen LogP contribution >= 0.6 is 0 Å². The standard InChI is InChI=1S/C19H16O2/c1-18(2)17(12-20)19(18,13-21)16-11-7-6-10-15(16)14-8-4-3-5-9-14/h3-11,17H,1-2H3. The molecule has 0 amide bonds. The van der Waals surface area contributed by atoms with Gasteiger partial charge in [0.15, 0.2) is 0 Å². The van der Waals surface area contributed by atoms with Gasteiger partial charge in [0.05, 0.1) is 5.41 Å². The molecule has 1 aliphatic carbocycles. The van der Waals surface area contributed by atoms with Crippen LogP contribution in [0.4, 0.5) is 0 Å². The summed E-state index contributed by atoms with van der Waals surface area (Å²) in [5, 5.41) is 0. The highest BCUT2D eigenvalue weighted by Gasteiger charge is 2.74. The molecule has 0 aromatic heterocycles. The summed E-state index contributed by atoms with van der Waals surface area (Å²) in [7, 11) is 0. The molecule has 2 atom stereocenters. The number of rotatable bonds is 4. The van der Waals surface area contributed by atoms with E-state index in [1.54, 1.807) is 0 Å². The zero-order valence-electron chi connectivity index (χ0n) is 12.1. The maximum absolute atomic E-state index is 11.8. The van der Waals surface area contributed by atoms with Gasteiger partial charge in [-0.1, -0.05) is 68.4 Å². The lowest BCUT2D eigenvalue weighted by Gasteiger charge is -2.17. The van der Waals surface area contributed by atoms with Crippen LogP contribution in [0.2, 0.25) is 0 Å². The maximum atomic E-state index is 11.8. The molecule has 2 radical (unpaired) electrons. The zero-order chi connectivity index (χ0) is 15.1. The molecule has 21 heavy (non-hydrogen) atoms. The van der Waals surface area contributed by atoms with Gasteiger partial charge in [-0.15, -0.1) is 0 Å². The lowest BCUT2D eigenvalue weighted by molar-refractivity contribution is 0.506. The Morgan fingerprint density at radius 1 is 0.905 bits per heavy atom. The summed E-state index contributed by atoms with van der Waals surface area (Å²) in [5.41, 5.74) is 1.55. The smallest absolute Gasteiger partial charge is 0.211 e. The SMILES string of the molecule is CC1(C)C([C]=O)C1([C]=O)c1ccccc1-c1ccccc1. The Bertz CT molecular complexity index is 688. The van der Waals surface area contributed by atoms with Crippen molar-refractivity contribution in [1.82, 2.24) is 0 Å². The van der Waals surface area contributed by atoms with E-state index in [0.717, 1.165) is 16.7 Å². The van der Waals surface area contributed by atoms with E-state index >= 15 is 0 Å². The molecule has 0 heterocycles. The fraction of sp³-hybridized carbons (Fsp3) is 0.263. The van der Waals surface area contributed by atoms with Gasteiger partial charge < -0.3 is 0 Å². The van der Waals surface area contributed by atoms with E-state index in [4.69, 9.17) is 0 Å². The Balaban J connectivity index is 2.21. The molecule has 0 bridgehead atoms. The summed E-state index contributed by atoms with van der Waals surface area (Å²) in [5.74, 6) is -0.438. The Morgan fingerprint density at radius 3 is 2.10 bits per heavy atom. The van der Waals surface area contributed by atoms with E-state index in [0.29, 0.717) is 0 Å². The molecule has 0 spiro atoms. The minimum Gasteiger partial charge on any atom is -0.290 e. The van der Waals surface area contributed by atoms with Crippen LogP contribution in [0, 0.1) is 11.3 Å². The third-order valence-corrected chi connectivity index (χ3v) is 4.80. The van der Waals surface area contributed by atoms with Gasteiger partial charge in [-0.2, -0.15) is 0 Å². The monoisotopic (exact) mass is 276 g/mol. The number of benzene rings is 2. The van der Waals surface area contributed by atoms with Gasteiger partial charge in [0.25, 0.3) is 0 Å². The summed E-state index contributed by atoms with van der Waals surface area (Å²) >= 11 is 0. The van der Waals surface area contributed by atoms with Gasteiger partial charge >= 0.3 is 0 Å². The molecule has 1 saturated carbocycles. The lowest BCUT2D eigenvalue weighted by Crippen LogP contribution is -2.18. The van der Waals surface area contributed by atoms with Gasteiger partial charge in [0, 0.05) is 5.92 Å². The molecule has 0 aliphatic heterocycles. The molecule has 2 heteroatoms. The molecule has 104 valence electrons. The highest BCUT2D eigenvalue weighted by Crippen LogP contribution is 2.68. The van der Waals surface area contributed by atoms with Crippen LogP contribution in [0.25, 0.3) is 11.1 Å². The van der Waals surface area contributed by atoms with Gasteiger partial charge in [0.1, 0.15) is 0 Å². The second-order valence-corrected chi connectivity index (χ2v) is 6.09. The third-order valence-electron chi connectivity index (χ3n) is 4.80. The molecule has 2 aromatic rings. The lowest BCUT2D eigenvalue weighted by atomic mass is 9.84. The number of carbonyl (C=O) groups excluding carboxylic acids is 2. The second kappa shape index (κ2) is 4.66. The first kappa shape index (κ1) is 13.7. The predicted molar refractivity (Wildman–Crippen MR) is 82.2 cm³/mol. The third kappa shape index (κ3) is 1.72. The van der Waals surface area contributed by atoms with Gasteiger partial charge in [0.2, 0.25) is 12.6 Å². The quantitative estimate of drug-likeness (QED) is 0.857. The van der Waals surface area contributed by atoms with Gasteiger partial charge in [-0.3, -0.25) is 9.59 Å². The molecule has 2 aromatic carbocycles. The van der Waals surface area contributed by atoms with Crippen molar-refractivity contribution < 1.29 is 9.59 Å². The van der Waals surface area contributed by atoms with Crippen LogP contribution in [-0.2, 0) is 15.0 Å². The first-order chi connectivity index (χ1) is 10.1. The highest BCUT2D eigenvalue weighted by atomic mass is 16.1. The van der Waals surface area contributed by atoms with Gasteiger partial charge in [-0.25, -0.2) is 0 Å². The Labute approximate surface area is 124 Å². The van der Waals surface area contributed by atoms with Crippen LogP contribution in [0.15, 0.2) is 54.6 Å². The van der Waals surface area contributed by atoms with Crippen molar-refractivity contribution in [3.05, 3.63) is 60.2 Å². The first-order valence-corrected chi connectivity index (χ1v) is 7.01. The van der Waals surface area contributed by atoms with Crippen molar-refractivity contribution in [1.29, 1.82) is 0 Å². The summed E-state index contributed by atoms with van der Waals surface area (Å²) in [6.07, 6.45) is 4.19. The van der Waals surface area contributed by atoms with E-state index in [1.807, 2.05) is 74.7 Å². The average molecular weight is 276 g/mol. The molecule has 0 saturated heterocycles. The van der Waals surface area contributed by atoms with E-state index < -0.39 is 16.7 Å². The zero-order valence-corrected chi connectivity index (χ0v) is 12.1. The molecule has 2 unspecified atom stereocenters. The van der Waals surface area contributed by atoms with Crippen LogP contribution < -0.4 is 0 Å².